The van der Waals surface area contributed by atoms with E-state index >= 15 is 0 Å². The summed E-state index contributed by atoms with van der Waals surface area (Å²) in [5.41, 5.74) is 3.51. The Bertz CT molecular complexity index is 1230. The largest absolute Gasteiger partial charge is 0.508 e. The van der Waals surface area contributed by atoms with E-state index in [2.05, 4.69) is 10.0 Å². The molecule has 0 aliphatic heterocycles. The lowest BCUT2D eigenvalue weighted by Gasteiger charge is -2.14. The molecule has 0 saturated carbocycles. The summed E-state index contributed by atoms with van der Waals surface area (Å²) in [6.07, 6.45) is 1.15. The summed E-state index contributed by atoms with van der Waals surface area (Å²) < 4.78 is 36.5. The summed E-state index contributed by atoms with van der Waals surface area (Å²) >= 11 is 0. The van der Waals surface area contributed by atoms with Crippen molar-refractivity contribution >= 4 is 15.7 Å². The van der Waals surface area contributed by atoms with E-state index in [9.17, 15) is 23.7 Å². The number of ether oxygens (including phenoxy) is 2. The highest BCUT2D eigenvalue weighted by Gasteiger charge is 2.10. The van der Waals surface area contributed by atoms with Gasteiger partial charge in [0.05, 0.1) is 32.2 Å². The molecule has 0 unspecified atom stereocenters. The minimum Gasteiger partial charge on any atom is -0.508 e. The van der Waals surface area contributed by atoms with Gasteiger partial charge in [-0.3, -0.25) is 4.72 Å². The van der Waals surface area contributed by atoms with E-state index in [0.717, 1.165) is 29.6 Å². The zero-order chi connectivity index (χ0) is 26.7. The van der Waals surface area contributed by atoms with Crippen molar-refractivity contribution in [3.8, 4) is 11.5 Å². The van der Waals surface area contributed by atoms with Crippen molar-refractivity contribution in [2.75, 3.05) is 37.3 Å². The van der Waals surface area contributed by atoms with Gasteiger partial charge in [0.25, 0.3) is 0 Å². The van der Waals surface area contributed by atoms with Crippen molar-refractivity contribution in [1.29, 1.82) is 0 Å². The summed E-state index contributed by atoms with van der Waals surface area (Å²) in [5, 5.41) is 32.4. The minimum atomic E-state index is -3.32. The number of benzene rings is 3. The highest BCUT2D eigenvalue weighted by molar-refractivity contribution is 7.92. The molecule has 0 heterocycles. The number of rotatable bonds is 15. The summed E-state index contributed by atoms with van der Waals surface area (Å²) in [6.45, 7) is 1.87. The molecule has 37 heavy (non-hydrogen) atoms. The monoisotopic (exact) mass is 530 g/mol. The van der Waals surface area contributed by atoms with Crippen LogP contribution in [0.15, 0.2) is 66.7 Å². The molecular weight excluding hydrogens is 496 g/mol. The Morgan fingerprint density at radius 1 is 0.973 bits per heavy atom. The number of anilines is 1. The lowest BCUT2D eigenvalue weighted by Crippen LogP contribution is -2.23. The molecule has 10 heteroatoms. The van der Waals surface area contributed by atoms with Gasteiger partial charge in [0.1, 0.15) is 18.1 Å². The highest BCUT2D eigenvalue weighted by Crippen LogP contribution is 2.22. The van der Waals surface area contributed by atoms with Crippen LogP contribution >= 0.6 is 0 Å². The molecule has 3 aromatic carbocycles. The summed E-state index contributed by atoms with van der Waals surface area (Å²) in [4.78, 5) is 0. The second-order valence-electron chi connectivity index (χ2n) is 8.64. The molecule has 0 radical (unpaired) electrons. The van der Waals surface area contributed by atoms with Crippen LogP contribution in [-0.4, -0.2) is 56.3 Å². The Kier molecular flexibility index (Phi) is 10.7. The molecule has 0 bridgehead atoms. The number of hydrogen-bond donors (Lipinski definition) is 5. The van der Waals surface area contributed by atoms with Gasteiger partial charge < -0.3 is 30.1 Å². The first-order valence-corrected chi connectivity index (χ1v) is 13.8. The molecule has 3 rings (SSSR count). The average molecular weight is 531 g/mol. The van der Waals surface area contributed by atoms with Crippen LogP contribution in [0.5, 0.6) is 11.5 Å². The number of aliphatic hydroxyl groups is 2. The third-order valence-electron chi connectivity index (χ3n) is 5.51. The normalized spacial score (nSPS) is 12.3. The SMILES string of the molecule is CS(=O)(=O)Nc1cccc(COCCOc2ccc(CCNC[C@H](O)c3ccc(O)c(CO)c3)cc2)c1. The van der Waals surface area contributed by atoms with Gasteiger partial charge >= 0.3 is 0 Å². The van der Waals surface area contributed by atoms with E-state index in [1.165, 1.54) is 6.07 Å². The standard InChI is InChI=1S/C27H34N2O7S/c1-37(33,34)29-24-4-2-3-21(15-24)19-35-13-14-36-25-8-5-20(6-9-25)11-12-28-17-27(32)22-7-10-26(31)23(16-22)18-30/h2-10,15-16,27-32H,11-14,17-19H2,1H3/t27-/m0/s1. The van der Waals surface area contributed by atoms with Gasteiger partial charge in [-0.25, -0.2) is 8.42 Å². The predicted octanol–water partition coefficient (Wildman–Crippen LogP) is 2.72. The molecule has 0 saturated heterocycles. The second kappa shape index (κ2) is 14.0. The Morgan fingerprint density at radius 3 is 2.49 bits per heavy atom. The van der Waals surface area contributed by atoms with Crippen molar-refractivity contribution in [2.45, 2.75) is 25.7 Å². The fraction of sp³-hybridized carbons (Fsp3) is 0.333. The molecular formula is C27H34N2O7S. The van der Waals surface area contributed by atoms with Crippen molar-refractivity contribution in [3.63, 3.8) is 0 Å². The highest BCUT2D eigenvalue weighted by atomic mass is 32.2. The number of nitrogens with one attached hydrogen (secondary N) is 2. The number of hydrogen-bond acceptors (Lipinski definition) is 8. The van der Waals surface area contributed by atoms with Gasteiger partial charge in [0.15, 0.2) is 0 Å². The maximum absolute atomic E-state index is 11.3. The maximum atomic E-state index is 11.3. The Morgan fingerprint density at radius 2 is 1.76 bits per heavy atom. The topological polar surface area (TPSA) is 137 Å². The summed E-state index contributed by atoms with van der Waals surface area (Å²) in [6, 6.07) is 19.5. The van der Waals surface area contributed by atoms with Crippen molar-refractivity contribution in [3.05, 3.63) is 89.0 Å². The van der Waals surface area contributed by atoms with Crippen molar-refractivity contribution < 1.29 is 33.2 Å². The first kappa shape index (κ1) is 28.4. The molecule has 0 spiro atoms. The molecule has 0 amide bonds. The van der Waals surface area contributed by atoms with Crippen LogP contribution in [0.2, 0.25) is 0 Å². The molecule has 0 aliphatic carbocycles. The fourth-order valence-electron chi connectivity index (χ4n) is 3.63. The lowest BCUT2D eigenvalue weighted by molar-refractivity contribution is 0.0889. The smallest absolute Gasteiger partial charge is 0.229 e. The van der Waals surface area contributed by atoms with E-state index in [1.54, 1.807) is 30.3 Å². The Labute approximate surface area is 217 Å². The summed E-state index contributed by atoms with van der Waals surface area (Å²) in [7, 11) is -3.32. The van der Waals surface area contributed by atoms with Gasteiger partial charge in [-0.05, 0) is 66.1 Å². The van der Waals surface area contributed by atoms with Gasteiger partial charge in [-0.1, -0.05) is 30.3 Å². The fourth-order valence-corrected chi connectivity index (χ4v) is 4.18. The van der Waals surface area contributed by atoms with E-state index in [4.69, 9.17) is 9.47 Å². The van der Waals surface area contributed by atoms with E-state index in [0.29, 0.717) is 49.7 Å². The third-order valence-corrected chi connectivity index (χ3v) is 6.11. The Hall–Kier alpha value is -3.15. The van der Waals surface area contributed by atoms with Crippen LogP contribution < -0.4 is 14.8 Å². The average Bonchev–Trinajstić information content (AvgIpc) is 2.86. The number of sulfonamides is 1. The molecule has 0 aliphatic rings. The summed E-state index contributed by atoms with van der Waals surface area (Å²) in [5.74, 6) is 0.750. The number of phenols is 1. The van der Waals surface area contributed by atoms with Crippen molar-refractivity contribution in [2.24, 2.45) is 0 Å². The molecule has 9 nitrogen and oxygen atoms in total. The number of aliphatic hydroxyl groups excluding tert-OH is 2. The molecule has 200 valence electrons. The van der Waals surface area contributed by atoms with Gasteiger partial charge in [-0.2, -0.15) is 0 Å². The zero-order valence-corrected chi connectivity index (χ0v) is 21.6. The van der Waals surface area contributed by atoms with Gasteiger partial charge in [0.2, 0.25) is 10.0 Å². The van der Waals surface area contributed by atoms with Crippen LogP contribution in [0.25, 0.3) is 0 Å². The van der Waals surface area contributed by atoms with E-state index in [-0.39, 0.29) is 12.4 Å². The van der Waals surface area contributed by atoms with Crippen LogP contribution in [0, 0.1) is 0 Å². The minimum absolute atomic E-state index is 0.0124. The van der Waals surface area contributed by atoms with Gasteiger partial charge in [-0.15, -0.1) is 0 Å². The van der Waals surface area contributed by atoms with Crippen LogP contribution in [0.4, 0.5) is 5.69 Å². The molecule has 5 N–H and O–H groups in total. The molecule has 0 fully saturated rings. The molecule has 1 atom stereocenters. The van der Waals surface area contributed by atoms with Crippen molar-refractivity contribution in [1.82, 2.24) is 5.32 Å². The molecule has 0 aromatic heterocycles. The van der Waals surface area contributed by atoms with Gasteiger partial charge in [0, 0.05) is 17.8 Å². The van der Waals surface area contributed by atoms with Crippen LogP contribution in [0.3, 0.4) is 0 Å². The number of aromatic hydroxyl groups is 1. The predicted molar refractivity (Wildman–Crippen MR) is 142 cm³/mol. The Balaban J connectivity index is 1.31. The van der Waals surface area contributed by atoms with E-state index in [1.807, 2.05) is 30.3 Å². The third kappa shape index (κ3) is 10.0. The second-order valence-corrected chi connectivity index (χ2v) is 10.4. The molecule has 3 aromatic rings. The first-order chi connectivity index (χ1) is 17.7. The first-order valence-electron chi connectivity index (χ1n) is 11.9. The maximum Gasteiger partial charge on any atom is 0.229 e. The van der Waals surface area contributed by atoms with Crippen LogP contribution in [-0.2, 0) is 34.4 Å². The quantitative estimate of drug-likeness (QED) is 0.189. The zero-order valence-electron chi connectivity index (χ0n) is 20.8. The lowest BCUT2D eigenvalue weighted by atomic mass is 10.1. The van der Waals surface area contributed by atoms with E-state index < -0.39 is 16.1 Å². The van der Waals surface area contributed by atoms with Crippen LogP contribution in [0.1, 0.15) is 28.4 Å².